The number of nitrogens with zero attached hydrogens (tertiary/aromatic N) is 1. The summed E-state index contributed by atoms with van der Waals surface area (Å²) in [6, 6.07) is 5.34. The number of phenolic OH excluding ortho intramolecular Hbond substituents is 1. The van der Waals surface area contributed by atoms with Crippen molar-refractivity contribution in [3.05, 3.63) is 29.3 Å². The molecule has 1 aliphatic carbocycles. The van der Waals surface area contributed by atoms with Gasteiger partial charge < -0.3 is 20.1 Å². The van der Waals surface area contributed by atoms with Crippen LogP contribution in [-0.4, -0.2) is 41.7 Å². The molecular weight excluding hydrogens is 356 g/mol. The highest BCUT2D eigenvalue weighted by atomic mass is 16.6. The molecule has 1 aromatic rings. The molecule has 6 heteroatoms. The number of hydrogen-bond acceptors (Lipinski definition) is 4. The lowest BCUT2D eigenvalue weighted by Crippen LogP contribution is -2.43. The van der Waals surface area contributed by atoms with Crippen molar-refractivity contribution in [2.75, 3.05) is 19.7 Å². The van der Waals surface area contributed by atoms with Gasteiger partial charge in [-0.2, -0.15) is 0 Å². The second kappa shape index (κ2) is 9.80. The van der Waals surface area contributed by atoms with Crippen molar-refractivity contribution >= 4 is 12.0 Å². The third-order valence-electron chi connectivity index (χ3n) is 6.02. The van der Waals surface area contributed by atoms with E-state index in [4.69, 9.17) is 4.74 Å². The van der Waals surface area contributed by atoms with Crippen LogP contribution in [-0.2, 0) is 16.1 Å². The van der Waals surface area contributed by atoms with Gasteiger partial charge in [0.05, 0.1) is 6.61 Å². The van der Waals surface area contributed by atoms with E-state index in [2.05, 4.69) is 5.32 Å². The molecule has 2 aliphatic rings. The molecule has 2 amide bonds. The SMILES string of the molecule is Cc1cc(CNC(=O)C2CCN(C(=O)OCC3CCCCC3)CC2)ccc1O. The highest BCUT2D eigenvalue weighted by molar-refractivity contribution is 5.79. The first kappa shape index (κ1) is 20.5. The van der Waals surface area contributed by atoms with Crippen molar-refractivity contribution in [2.24, 2.45) is 11.8 Å². The Kier molecular flexibility index (Phi) is 7.18. The van der Waals surface area contributed by atoms with Crippen molar-refractivity contribution in [3.8, 4) is 5.75 Å². The molecule has 0 unspecified atom stereocenters. The summed E-state index contributed by atoms with van der Waals surface area (Å²) in [5.41, 5.74) is 1.76. The first-order chi connectivity index (χ1) is 13.5. The van der Waals surface area contributed by atoms with Gasteiger partial charge in [0.15, 0.2) is 0 Å². The van der Waals surface area contributed by atoms with Crippen molar-refractivity contribution in [1.82, 2.24) is 10.2 Å². The zero-order chi connectivity index (χ0) is 19.9. The Labute approximate surface area is 167 Å². The lowest BCUT2D eigenvalue weighted by atomic mass is 9.90. The number of carbonyl (C=O) groups is 2. The summed E-state index contributed by atoms with van der Waals surface area (Å²) in [7, 11) is 0. The van der Waals surface area contributed by atoms with E-state index in [-0.39, 0.29) is 23.7 Å². The largest absolute Gasteiger partial charge is 0.508 e. The number of phenols is 1. The van der Waals surface area contributed by atoms with Crippen LogP contribution in [0.2, 0.25) is 0 Å². The van der Waals surface area contributed by atoms with Gasteiger partial charge in [0.2, 0.25) is 5.91 Å². The summed E-state index contributed by atoms with van der Waals surface area (Å²) < 4.78 is 5.51. The number of aryl methyl sites for hydroxylation is 1. The highest BCUT2D eigenvalue weighted by Gasteiger charge is 2.28. The minimum absolute atomic E-state index is 0.0287. The van der Waals surface area contributed by atoms with Gasteiger partial charge in [0.1, 0.15) is 5.75 Å². The maximum atomic E-state index is 12.4. The third-order valence-corrected chi connectivity index (χ3v) is 6.02. The van der Waals surface area contributed by atoms with Crippen molar-refractivity contribution < 1.29 is 19.4 Å². The van der Waals surface area contributed by atoms with E-state index in [1.54, 1.807) is 11.0 Å². The van der Waals surface area contributed by atoms with Crippen LogP contribution in [0, 0.1) is 18.8 Å². The maximum absolute atomic E-state index is 12.4. The number of piperidine rings is 1. The van der Waals surface area contributed by atoms with Gasteiger partial charge in [0.25, 0.3) is 0 Å². The van der Waals surface area contributed by atoms with Crippen molar-refractivity contribution in [3.63, 3.8) is 0 Å². The molecule has 1 saturated heterocycles. The summed E-state index contributed by atoms with van der Waals surface area (Å²) >= 11 is 0. The van der Waals surface area contributed by atoms with E-state index in [9.17, 15) is 14.7 Å². The molecular formula is C22H32N2O4. The fourth-order valence-corrected chi connectivity index (χ4v) is 4.12. The van der Waals surface area contributed by atoms with Gasteiger partial charge in [-0.1, -0.05) is 31.4 Å². The average Bonchev–Trinajstić information content (AvgIpc) is 2.73. The van der Waals surface area contributed by atoms with Crippen molar-refractivity contribution in [2.45, 2.75) is 58.4 Å². The number of ether oxygens (including phenoxy) is 1. The molecule has 1 aliphatic heterocycles. The van der Waals surface area contributed by atoms with Crippen LogP contribution in [0.1, 0.15) is 56.1 Å². The Balaban J connectivity index is 1.37. The molecule has 1 aromatic carbocycles. The third kappa shape index (κ3) is 5.63. The smallest absolute Gasteiger partial charge is 0.409 e. The molecule has 0 atom stereocenters. The number of rotatable bonds is 5. The van der Waals surface area contributed by atoms with Crippen LogP contribution >= 0.6 is 0 Å². The van der Waals surface area contributed by atoms with Crippen LogP contribution in [0.3, 0.4) is 0 Å². The molecule has 1 heterocycles. The molecule has 1 saturated carbocycles. The van der Waals surface area contributed by atoms with Crippen LogP contribution in [0.5, 0.6) is 5.75 Å². The number of nitrogens with one attached hydrogen (secondary N) is 1. The van der Waals surface area contributed by atoms with Gasteiger partial charge in [0, 0.05) is 25.6 Å². The van der Waals surface area contributed by atoms with E-state index >= 15 is 0 Å². The van der Waals surface area contributed by atoms with Crippen LogP contribution in [0.4, 0.5) is 4.79 Å². The minimum Gasteiger partial charge on any atom is -0.508 e. The fourth-order valence-electron chi connectivity index (χ4n) is 4.12. The number of amides is 2. The van der Waals surface area contributed by atoms with Gasteiger partial charge in [-0.15, -0.1) is 0 Å². The molecule has 154 valence electrons. The molecule has 2 N–H and O–H groups in total. The zero-order valence-electron chi connectivity index (χ0n) is 16.8. The lowest BCUT2D eigenvalue weighted by Gasteiger charge is -2.31. The van der Waals surface area contributed by atoms with E-state index in [1.165, 1.54) is 19.3 Å². The highest BCUT2D eigenvalue weighted by Crippen LogP contribution is 2.24. The molecule has 2 fully saturated rings. The molecule has 0 spiro atoms. The second-order valence-corrected chi connectivity index (χ2v) is 8.18. The van der Waals surface area contributed by atoms with Gasteiger partial charge in [-0.05, 0) is 55.7 Å². The molecule has 0 radical (unpaired) electrons. The minimum atomic E-state index is -0.232. The monoisotopic (exact) mass is 388 g/mol. The quantitative estimate of drug-likeness (QED) is 0.805. The Morgan fingerprint density at radius 1 is 1.14 bits per heavy atom. The van der Waals surface area contributed by atoms with Gasteiger partial charge >= 0.3 is 6.09 Å². The standard InChI is InChI=1S/C22H32N2O4/c1-16-13-18(7-8-20(16)25)14-23-21(26)19-9-11-24(12-10-19)22(27)28-15-17-5-3-2-4-6-17/h7-8,13,17,19,25H,2-6,9-12,14-15H2,1H3,(H,23,26). The van der Waals surface area contributed by atoms with E-state index in [0.29, 0.717) is 45.0 Å². The fraction of sp³-hybridized carbons (Fsp3) is 0.636. The maximum Gasteiger partial charge on any atom is 0.409 e. The Morgan fingerprint density at radius 3 is 2.54 bits per heavy atom. The van der Waals surface area contributed by atoms with Gasteiger partial charge in [-0.25, -0.2) is 4.79 Å². The summed E-state index contributed by atoms with van der Waals surface area (Å²) in [6.07, 6.45) is 7.21. The first-order valence-corrected chi connectivity index (χ1v) is 10.5. The topological polar surface area (TPSA) is 78.9 Å². The zero-order valence-corrected chi connectivity index (χ0v) is 16.8. The Morgan fingerprint density at radius 2 is 1.86 bits per heavy atom. The predicted molar refractivity (Wildman–Crippen MR) is 107 cm³/mol. The van der Waals surface area contributed by atoms with Crippen LogP contribution < -0.4 is 5.32 Å². The Bertz CT molecular complexity index is 677. The molecule has 3 rings (SSSR count). The molecule has 0 aromatic heterocycles. The number of aromatic hydroxyl groups is 1. The molecule has 0 bridgehead atoms. The second-order valence-electron chi connectivity index (χ2n) is 8.18. The van der Waals surface area contributed by atoms with Gasteiger partial charge in [-0.3, -0.25) is 4.79 Å². The van der Waals surface area contributed by atoms with E-state index in [1.807, 2.05) is 19.1 Å². The lowest BCUT2D eigenvalue weighted by molar-refractivity contribution is -0.126. The summed E-state index contributed by atoms with van der Waals surface area (Å²) in [4.78, 5) is 26.4. The first-order valence-electron chi connectivity index (χ1n) is 10.5. The van der Waals surface area contributed by atoms with E-state index < -0.39 is 0 Å². The molecule has 6 nitrogen and oxygen atoms in total. The van der Waals surface area contributed by atoms with Crippen LogP contribution in [0.25, 0.3) is 0 Å². The average molecular weight is 389 g/mol. The van der Waals surface area contributed by atoms with E-state index in [0.717, 1.165) is 24.0 Å². The number of hydrogen-bond donors (Lipinski definition) is 2. The summed E-state index contributed by atoms with van der Waals surface area (Å²) in [5.74, 6) is 0.740. The predicted octanol–water partition coefficient (Wildman–Crippen LogP) is 3.75. The summed E-state index contributed by atoms with van der Waals surface area (Å²) in [6.45, 7) is 3.96. The number of benzene rings is 1. The van der Waals surface area contributed by atoms with Crippen molar-refractivity contribution in [1.29, 1.82) is 0 Å². The molecule has 28 heavy (non-hydrogen) atoms. The number of likely N-dealkylation sites (tertiary alicyclic amines) is 1. The number of carbonyl (C=O) groups excluding carboxylic acids is 2. The summed E-state index contributed by atoms with van der Waals surface area (Å²) in [5, 5.41) is 12.5. The normalized spacial score (nSPS) is 18.7. The Hall–Kier alpha value is -2.24. The van der Waals surface area contributed by atoms with Crippen LogP contribution in [0.15, 0.2) is 18.2 Å².